The van der Waals surface area contributed by atoms with Crippen molar-refractivity contribution >= 4 is 0 Å². The molecule has 0 saturated carbocycles. The maximum absolute atomic E-state index is 12.5. The summed E-state index contributed by atoms with van der Waals surface area (Å²) < 4.78 is 18.1. The minimum atomic E-state index is -0.230. The van der Waals surface area contributed by atoms with Gasteiger partial charge in [-0.3, -0.25) is 0 Å². The monoisotopic (exact) mass is 181 g/mol. The maximum Gasteiger partial charge on any atom is 0.126 e. The smallest absolute Gasteiger partial charge is 0.126 e. The number of hydrogen-bond donors (Lipinski definition) is 1. The number of benzene rings is 1. The van der Waals surface area contributed by atoms with Crippen LogP contribution in [0.15, 0.2) is 24.3 Å². The van der Waals surface area contributed by atoms with Gasteiger partial charge in [0.2, 0.25) is 0 Å². The van der Waals surface area contributed by atoms with Gasteiger partial charge in [-0.2, -0.15) is 0 Å². The quantitative estimate of drug-likeness (QED) is 0.747. The molecule has 1 aliphatic heterocycles. The summed E-state index contributed by atoms with van der Waals surface area (Å²) in [6.07, 6.45) is 0.227. The first-order chi connectivity index (χ1) is 6.25. The number of hydrogen-bond acceptors (Lipinski definition) is 2. The molecule has 2 nitrogen and oxygen atoms in total. The molecule has 3 heteroatoms. The molecule has 0 radical (unpaired) electrons. The van der Waals surface area contributed by atoms with E-state index in [0.29, 0.717) is 6.04 Å². The normalized spacial score (nSPS) is 26.6. The molecule has 0 aromatic heterocycles. The molecule has 1 aromatic carbocycles. The Morgan fingerprint density at radius 1 is 1.38 bits per heavy atom. The Morgan fingerprint density at radius 2 is 2.08 bits per heavy atom. The van der Waals surface area contributed by atoms with Crippen LogP contribution in [0.1, 0.15) is 6.92 Å². The fourth-order valence-electron chi connectivity index (χ4n) is 1.28. The molecule has 1 aromatic rings. The minimum Gasteiger partial charge on any atom is -0.487 e. The molecule has 2 atom stereocenters. The Hall–Kier alpha value is -1.09. The Balaban J connectivity index is 1.98. The van der Waals surface area contributed by atoms with Crippen LogP contribution < -0.4 is 10.1 Å². The van der Waals surface area contributed by atoms with Crippen LogP contribution in [0.5, 0.6) is 5.75 Å². The third kappa shape index (κ3) is 1.80. The zero-order valence-corrected chi connectivity index (χ0v) is 7.46. The fourth-order valence-corrected chi connectivity index (χ4v) is 1.28. The lowest BCUT2D eigenvalue weighted by molar-refractivity contribution is 0.0938. The third-order valence-corrected chi connectivity index (χ3v) is 2.30. The van der Waals surface area contributed by atoms with Crippen molar-refractivity contribution < 1.29 is 9.13 Å². The van der Waals surface area contributed by atoms with Crippen LogP contribution >= 0.6 is 0 Å². The second-order valence-corrected chi connectivity index (χ2v) is 3.31. The highest BCUT2D eigenvalue weighted by molar-refractivity contribution is 5.23. The molecule has 0 amide bonds. The Kier molecular flexibility index (Phi) is 2.19. The van der Waals surface area contributed by atoms with Crippen LogP contribution in [0.25, 0.3) is 0 Å². The first-order valence-corrected chi connectivity index (χ1v) is 4.41. The SMILES string of the molecule is C[C@H]1NC[C@@H]1Oc1ccc(F)cc1. The lowest BCUT2D eigenvalue weighted by Gasteiger charge is -2.35. The molecule has 1 heterocycles. The highest BCUT2D eigenvalue weighted by atomic mass is 19.1. The molecule has 0 aliphatic carbocycles. The van der Waals surface area contributed by atoms with E-state index in [0.717, 1.165) is 12.3 Å². The van der Waals surface area contributed by atoms with Crippen LogP contribution in [0, 0.1) is 5.82 Å². The molecule has 0 unspecified atom stereocenters. The zero-order valence-electron chi connectivity index (χ0n) is 7.46. The van der Waals surface area contributed by atoms with E-state index in [1.807, 2.05) is 0 Å². The molecule has 1 fully saturated rings. The van der Waals surface area contributed by atoms with Crippen LogP contribution in [0.3, 0.4) is 0 Å². The first-order valence-electron chi connectivity index (χ1n) is 4.41. The maximum atomic E-state index is 12.5. The molecular weight excluding hydrogens is 169 g/mol. The lowest BCUT2D eigenvalue weighted by atomic mass is 10.1. The summed E-state index contributed by atoms with van der Waals surface area (Å²) in [5.74, 6) is 0.506. The summed E-state index contributed by atoms with van der Waals surface area (Å²) in [6.45, 7) is 2.94. The highest BCUT2D eigenvalue weighted by Crippen LogP contribution is 2.16. The van der Waals surface area contributed by atoms with Crippen molar-refractivity contribution in [2.75, 3.05) is 6.54 Å². The van der Waals surface area contributed by atoms with E-state index < -0.39 is 0 Å². The number of nitrogens with one attached hydrogen (secondary N) is 1. The van der Waals surface area contributed by atoms with E-state index in [1.165, 1.54) is 12.1 Å². The number of ether oxygens (including phenoxy) is 1. The van der Waals surface area contributed by atoms with Gasteiger partial charge in [0.1, 0.15) is 17.7 Å². The van der Waals surface area contributed by atoms with E-state index in [-0.39, 0.29) is 11.9 Å². The average molecular weight is 181 g/mol. The van der Waals surface area contributed by atoms with Crippen LogP contribution in [-0.4, -0.2) is 18.7 Å². The van der Waals surface area contributed by atoms with Gasteiger partial charge in [-0.05, 0) is 31.2 Å². The molecule has 0 spiro atoms. The Labute approximate surface area is 76.7 Å². The fraction of sp³-hybridized carbons (Fsp3) is 0.400. The molecule has 1 saturated heterocycles. The van der Waals surface area contributed by atoms with E-state index in [4.69, 9.17) is 4.74 Å². The average Bonchev–Trinajstić information content (AvgIpc) is 2.15. The largest absolute Gasteiger partial charge is 0.487 e. The van der Waals surface area contributed by atoms with Gasteiger partial charge in [0.05, 0.1) is 0 Å². The molecule has 70 valence electrons. The van der Waals surface area contributed by atoms with Gasteiger partial charge in [-0.1, -0.05) is 0 Å². The number of halogens is 1. The molecule has 13 heavy (non-hydrogen) atoms. The molecule has 0 bridgehead atoms. The van der Waals surface area contributed by atoms with E-state index in [1.54, 1.807) is 12.1 Å². The second-order valence-electron chi connectivity index (χ2n) is 3.31. The summed E-state index contributed by atoms with van der Waals surface area (Å²) in [6, 6.07) is 6.52. The summed E-state index contributed by atoms with van der Waals surface area (Å²) in [4.78, 5) is 0. The third-order valence-electron chi connectivity index (χ3n) is 2.30. The van der Waals surface area contributed by atoms with E-state index in [9.17, 15) is 4.39 Å². The van der Waals surface area contributed by atoms with Gasteiger partial charge in [0, 0.05) is 12.6 Å². The van der Waals surface area contributed by atoms with E-state index in [2.05, 4.69) is 12.2 Å². The summed E-state index contributed by atoms with van der Waals surface area (Å²) in [5.41, 5.74) is 0. The lowest BCUT2D eigenvalue weighted by Crippen LogP contribution is -2.58. The van der Waals surface area contributed by atoms with E-state index >= 15 is 0 Å². The van der Waals surface area contributed by atoms with Gasteiger partial charge in [-0.15, -0.1) is 0 Å². The Bertz CT molecular complexity index is 285. The molecule has 2 rings (SSSR count). The van der Waals surface area contributed by atoms with Crippen LogP contribution in [0.4, 0.5) is 4.39 Å². The molecule has 1 N–H and O–H groups in total. The predicted molar refractivity (Wildman–Crippen MR) is 48.3 cm³/mol. The van der Waals surface area contributed by atoms with Gasteiger partial charge in [0.25, 0.3) is 0 Å². The van der Waals surface area contributed by atoms with Crippen molar-refractivity contribution in [3.8, 4) is 5.75 Å². The Morgan fingerprint density at radius 3 is 2.54 bits per heavy atom. The van der Waals surface area contributed by atoms with Crippen molar-refractivity contribution in [2.45, 2.75) is 19.1 Å². The van der Waals surface area contributed by atoms with Gasteiger partial charge >= 0.3 is 0 Å². The predicted octanol–water partition coefficient (Wildman–Crippen LogP) is 1.56. The highest BCUT2D eigenvalue weighted by Gasteiger charge is 2.27. The number of rotatable bonds is 2. The molecular formula is C10H12FNO. The van der Waals surface area contributed by atoms with Crippen LogP contribution in [0.2, 0.25) is 0 Å². The minimum absolute atomic E-state index is 0.227. The summed E-state index contributed by atoms with van der Waals surface area (Å²) in [7, 11) is 0. The molecule has 1 aliphatic rings. The van der Waals surface area contributed by atoms with Crippen molar-refractivity contribution in [3.63, 3.8) is 0 Å². The van der Waals surface area contributed by atoms with Gasteiger partial charge < -0.3 is 10.1 Å². The van der Waals surface area contributed by atoms with Crippen molar-refractivity contribution in [3.05, 3.63) is 30.1 Å². The van der Waals surface area contributed by atoms with Crippen LogP contribution in [-0.2, 0) is 0 Å². The zero-order chi connectivity index (χ0) is 9.26. The summed E-state index contributed by atoms with van der Waals surface area (Å²) >= 11 is 0. The topological polar surface area (TPSA) is 21.3 Å². The van der Waals surface area contributed by atoms with Crippen molar-refractivity contribution in [2.24, 2.45) is 0 Å². The van der Waals surface area contributed by atoms with Gasteiger partial charge in [0.15, 0.2) is 0 Å². The standard InChI is InChI=1S/C10H12FNO/c1-7-10(6-12-7)13-9-4-2-8(11)3-5-9/h2-5,7,10,12H,6H2,1H3/t7-,10+/m1/s1. The second kappa shape index (κ2) is 3.34. The first kappa shape index (κ1) is 8.51. The van der Waals surface area contributed by atoms with Crippen molar-refractivity contribution in [1.82, 2.24) is 5.32 Å². The van der Waals surface area contributed by atoms with Crippen molar-refractivity contribution in [1.29, 1.82) is 0 Å². The summed E-state index contributed by atoms with van der Waals surface area (Å²) in [5, 5.41) is 3.19. The van der Waals surface area contributed by atoms with Gasteiger partial charge in [-0.25, -0.2) is 4.39 Å².